The van der Waals surface area contributed by atoms with Crippen LogP contribution in [0.15, 0.2) is 5.38 Å². The van der Waals surface area contributed by atoms with E-state index in [-0.39, 0.29) is 18.0 Å². The van der Waals surface area contributed by atoms with Crippen LogP contribution in [0.3, 0.4) is 0 Å². The number of carbonyl (C=O) groups excluding carboxylic acids is 1. The molecule has 20 heavy (non-hydrogen) atoms. The summed E-state index contributed by atoms with van der Waals surface area (Å²) in [4.78, 5) is 29.8. The molecule has 3 heterocycles. The van der Waals surface area contributed by atoms with Crippen LogP contribution >= 0.6 is 11.3 Å². The van der Waals surface area contributed by atoms with Crippen LogP contribution in [0.5, 0.6) is 0 Å². The molecule has 3 atom stereocenters. The fraction of sp³-hybridized carbons (Fsp3) is 0.615. The van der Waals surface area contributed by atoms with E-state index in [1.165, 1.54) is 11.3 Å². The number of fused-ring (bicyclic) bond motifs is 2. The van der Waals surface area contributed by atoms with E-state index in [4.69, 9.17) is 5.73 Å². The van der Waals surface area contributed by atoms with Crippen molar-refractivity contribution in [3.8, 4) is 0 Å². The Morgan fingerprint density at radius 2 is 2.30 bits per heavy atom. The first kappa shape index (κ1) is 13.5. The molecule has 108 valence electrons. The Hall–Kier alpha value is -1.47. The minimum absolute atomic E-state index is 0.0632. The molecule has 7 heteroatoms. The molecule has 2 aliphatic heterocycles. The highest BCUT2D eigenvalue weighted by Crippen LogP contribution is 2.42. The van der Waals surface area contributed by atoms with Gasteiger partial charge in [0.1, 0.15) is 5.69 Å². The van der Waals surface area contributed by atoms with Gasteiger partial charge in [0.05, 0.1) is 10.9 Å². The number of thiazole rings is 1. The lowest BCUT2D eigenvalue weighted by Gasteiger charge is -2.22. The third-order valence-electron chi connectivity index (χ3n) is 4.22. The van der Waals surface area contributed by atoms with Crippen molar-refractivity contribution < 1.29 is 14.7 Å². The predicted molar refractivity (Wildman–Crippen MR) is 73.6 cm³/mol. The van der Waals surface area contributed by atoms with Crippen molar-refractivity contribution in [2.24, 2.45) is 11.7 Å². The quantitative estimate of drug-likeness (QED) is 0.853. The third-order valence-corrected chi connectivity index (χ3v) is 5.13. The molecule has 1 amide bonds. The van der Waals surface area contributed by atoms with Crippen molar-refractivity contribution in [3.63, 3.8) is 0 Å². The summed E-state index contributed by atoms with van der Waals surface area (Å²) in [6, 6.07) is -0.0992. The van der Waals surface area contributed by atoms with Crippen LogP contribution in [0.25, 0.3) is 0 Å². The Kier molecular flexibility index (Phi) is 3.47. The molecule has 1 aromatic heterocycles. The van der Waals surface area contributed by atoms with Crippen molar-refractivity contribution in [2.75, 3.05) is 6.54 Å². The first-order chi connectivity index (χ1) is 9.61. The van der Waals surface area contributed by atoms with E-state index in [1.807, 2.05) is 0 Å². The van der Waals surface area contributed by atoms with E-state index >= 15 is 0 Å². The summed E-state index contributed by atoms with van der Waals surface area (Å²) in [7, 11) is 0. The number of hydrogen-bond acceptors (Lipinski definition) is 5. The van der Waals surface area contributed by atoms with Gasteiger partial charge >= 0.3 is 5.97 Å². The van der Waals surface area contributed by atoms with Crippen LogP contribution < -0.4 is 5.73 Å². The number of rotatable bonds is 4. The molecule has 6 nitrogen and oxygen atoms in total. The lowest BCUT2D eigenvalue weighted by atomic mass is 9.89. The fourth-order valence-electron chi connectivity index (χ4n) is 3.35. The molecule has 2 fully saturated rings. The van der Waals surface area contributed by atoms with Gasteiger partial charge in [-0.05, 0) is 25.8 Å². The normalized spacial score (nSPS) is 28.1. The summed E-state index contributed by atoms with van der Waals surface area (Å²) in [5.74, 6) is -1.34. The Labute approximate surface area is 120 Å². The van der Waals surface area contributed by atoms with Gasteiger partial charge in [-0.3, -0.25) is 9.59 Å². The Morgan fingerprint density at radius 3 is 2.95 bits per heavy atom. The van der Waals surface area contributed by atoms with Crippen LogP contribution in [0.2, 0.25) is 0 Å². The van der Waals surface area contributed by atoms with Gasteiger partial charge in [0.2, 0.25) is 0 Å². The zero-order chi connectivity index (χ0) is 14.3. The molecular formula is C13H17N3O3S. The van der Waals surface area contributed by atoms with E-state index in [9.17, 15) is 14.7 Å². The fourth-order valence-corrected chi connectivity index (χ4v) is 4.14. The van der Waals surface area contributed by atoms with E-state index in [1.54, 1.807) is 10.3 Å². The molecule has 2 saturated heterocycles. The molecule has 0 spiro atoms. The van der Waals surface area contributed by atoms with Gasteiger partial charge in [0.25, 0.3) is 5.91 Å². The van der Waals surface area contributed by atoms with Gasteiger partial charge in [-0.25, -0.2) is 4.98 Å². The molecule has 2 aliphatic rings. The molecule has 0 saturated carbocycles. The maximum Gasteiger partial charge on any atom is 0.308 e. The van der Waals surface area contributed by atoms with Crippen molar-refractivity contribution in [2.45, 2.75) is 37.8 Å². The van der Waals surface area contributed by atoms with Crippen LogP contribution in [0.4, 0.5) is 0 Å². The highest BCUT2D eigenvalue weighted by molar-refractivity contribution is 7.09. The number of amides is 1. The number of aromatic nitrogens is 1. The minimum Gasteiger partial charge on any atom is -0.481 e. The summed E-state index contributed by atoms with van der Waals surface area (Å²) in [6.45, 7) is 0.511. The zero-order valence-corrected chi connectivity index (χ0v) is 11.8. The number of carboxylic acid groups (broad SMARTS) is 1. The summed E-state index contributed by atoms with van der Waals surface area (Å²) in [5.41, 5.74) is 5.91. The second kappa shape index (κ2) is 5.14. The van der Waals surface area contributed by atoms with E-state index in [2.05, 4.69) is 4.98 Å². The predicted octanol–water partition coefficient (Wildman–Crippen LogP) is 0.722. The summed E-state index contributed by atoms with van der Waals surface area (Å²) >= 11 is 1.44. The van der Waals surface area contributed by atoms with Crippen molar-refractivity contribution in [1.82, 2.24) is 9.88 Å². The highest BCUT2D eigenvalue weighted by Gasteiger charge is 2.51. The van der Waals surface area contributed by atoms with E-state index in [0.717, 1.165) is 17.8 Å². The topological polar surface area (TPSA) is 96.5 Å². The summed E-state index contributed by atoms with van der Waals surface area (Å²) < 4.78 is 0. The molecule has 3 N–H and O–H groups in total. The van der Waals surface area contributed by atoms with Crippen molar-refractivity contribution in [1.29, 1.82) is 0 Å². The third kappa shape index (κ3) is 2.10. The average Bonchev–Trinajstić information content (AvgIpc) is 3.11. The van der Waals surface area contributed by atoms with Gasteiger partial charge in [-0.1, -0.05) is 0 Å². The number of nitrogens with two attached hydrogens (primary N) is 1. The molecule has 0 aromatic carbocycles. The van der Waals surface area contributed by atoms with Gasteiger partial charge in [-0.15, -0.1) is 11.3 Å². The smallest absolute Gasteiger partial charge is 0.308 e. The number of carbonyl (C=O) groups is 2. The summed E-state index contributed by atoms with van der Waals surface area (Å²) in [6.07, 6.45) is 2.93. The Morgan fingerprint density at radius 1 is 1.50 bits per heavy atom. The van der Waals surface area contributed by atoms with Crippen LogP contribution in [-0.2, 0) is 11.2 Å². The number of hydrogen-bond donors (Lipinski definition) is 2. The molecular weight excluding hydrogens is 278 g/mol. The Bertz CT molecular complexity index is 545. The number of nitrogens with zero attached hydrogens (tertiary/aromatic N) is 2. The van der Waals surface area contributed by atoms with Gasteiger partial charge < -0.3 is 15.7 Å². The second-order valence-electron chi connectivity index (χ2n) is 5.36. The first-order valence-corrected chi connectivity index (χ1v) is 7.69. The molecule has 3 unspecified atom stereocenters. The monoisotopic (exact) mass is 295 g/mol. The minimum atomic E-state index is -0.794. The van der Waals surface area contributed by atoms with Crippen LogP contribution in [-0.4, -0.2) is 45.5 Å². The molecule has 0 radical (unpaired) electrons. The first-order valence-electron chi connectivity index (χ1n) is 6.81. The van der Waals surface area contributed by atoms with Gasteiger partial charge in [0.15, 0.2) is 0 Å². The largest absolute Gasteiger partial charge is 0.481 e. The maximum atomic E-state index is 12.5. The molecule has 0 aliphatic carbocycles. The zero-order valence-electron chi connectivity index (χ0n) is 11.0. The van der Waals surface area contributed by atoms with Crippen LogP contribution in [0, 0.1) is 5.92 Å². The van der Waals surface area contributed by atoms with Crippen molar-refractivity contribution in [3.05, 3.63) is 16.1 Å². The Balaban J connectivity index is 1.79. The second-order valence-corrected chi connectivity index (χ2v) is 6.30. The van der Waals surface area contributed by atoms with E-state index in [0.29, 0.717) is 25.1 Å². The van der Waals surface area contributed by atoms with Crippen LogP contribution in [0.1, 0.15) is 34.8 Å². The van der Waals surface area contributed by atoms with Gasteiger partial charge in [-0.2, -0.15) is 0 Å². The van der Waals surface area contributed by atoms with E-state index < -0.39 is 11.9 Å². The standard InChI is InChI=1S/C13H17N3O3S/c14-4-3-11-15-9(6-20-11)12(17)16-7-1-2-10(16)8(5-7)13(18)19/h6-8,10H,1-5,14H2,(H,18,19). The maximum absolute atomic E-state index is 12.5. The number of carboxylic acids is 1. The summed E-state index contributed by atoms with van der Waals surface area (Å²) in [5, 5.41) is 11.8. The highest BCUT2D eigenvalue weighted by atomic mass is 32.1. The SMILES string of the molecule is NCCc1nc(C(=O)N2C3CCC2C(C(=O)O)C3)cs1. The molecule has 1 aromatic rings. The lowest BCUT2D eigenvalue weighted by Crippen LogP contribution is -2.38. The molecule has 2 bridgehead atoms. The lowest BCUT2D eigenvalue weighted by molar-refractivity contribution is -0.142. The van der Waals surface area contributed by atoms with Gasteiger partial charge in [0, 0.05) is 23.9 Å². The molecule has 3 rings (SSSR count). The van der Waals surface area contributed by atoms with Crippen molar-refractivity contribution >= 4 is 23.2 Å². The number of aliphatic carboxylic acids is 1. The average molecular weight is 295 g/mol.